The third-order valence-electron chi connectivity index (χ3n) is 3.62. The lowest BCUT2D eigenvalue weighted by Crippen LogP contribution is -1.86. The zero-order valence-corrected chi connectivity index (χ0v) is 11.3. The fraction of sp³-hybridized carbons (Fsp3) is 0. The van der Waals surface area contributed by atoms with Crippen molar-refractivity contribution in [1.29, 1.82) is 0 Å². The fourth-order valence-corrected chi connectivity index (χ4v) is 2.54. The second-order valence-corrected chi connectivity index (χ2v) is 4.92. The zero-order chi connectivity index (χ0) is 15.1. The van der Waals surface area contributed by atoms with Crippen LogP contribution < -0.4 is 0 Å². The van der Waals surface area contributed by atoms with Gasteiger partial charge in [0.25, 0.3) is 0 Å². The standard InChI is InChI=1S/C17H9FN4/c1-19-16-4-2-10(8-13(16)18)14-5-3-11-12-9-20-7-6-15(12)22-17(11)21-14/h2-9H,(H,21,22). The first-order valence-electron chi connectivity index (χ1n) is 6.66. The number of fused-ring (bicyclic) bond motifs is 3. The molecule has 0 saturated carbocycles. The maximum atomic E-state index is 13.8. The van der Waals surface area contributed by atoms with Crippen molar-refractivity contribution < 1.29 is 4.39 Å². The van der Waals surface area contributed by atoms with Crippen molar-refractivity contribution in [1.82, 2.24) is 15.0 Å². The molecule has 4 aromatic rings. The number of hydrogen-bond donors (Lipinski definition) is 1. The highest BCUT2D eigenvalue weighted by Gasteiger charge is 2.09. The highest BCUT2D eigenvalue weighted by molar-refractivity contribution is 6.05. The molecule has 0 atom stereocenters. The lowest BCUT2D eigenvalue weighted by atomic mass is 10.1. The lowest BCUT2D eigenvalue weighted by molar-refractivity contribution is 0.634. The molecule has 104 valence electrons. The van der Waals surface area contributed by atoms with Crippen LogP contribution in [-0.2, 0) is 0 Å². The predicted octanol–water partition coefficient (Wildman–Crippen LogP) is 4.47. The molecule has 0 amide bonds. The van der Waals surface area contributed by atoms with Crippen molar-refractivity contribution >= 4 is 27.6 Å². The van der Waals surface area contributed by atoms with Gasteiger partial charge in [-0.15, -0.1) is 0 Å². The van der Waals surface area contributed by atoms with Crippen LogP contribution in [0.5, 0.6) is 0 Å². The first-order chi connectivity index (χ1) is 10.8. The molecule has 0 bridgehead atoms. The van der Waals surface area contributed by atoms with E-state index in [9.17, 15) is 4.39 Å². The number of halogens is 1. The number of H-pyrrole nitrogens is 1. The summed E-state index contributed by atoms with van der Waals surface area (Å²) < 4.78 is 13.8. The van der Waals surface area contributed by atoms with Gasteiger partial charge in [-0.3, -0.25) is 4.98 Å². The number of aromatic amines is 1. The normalized spacial score (nSPS) is 10.9. The molecule has 0 saturated heterocycles. The Bertz CT molecular complexity index is 1060. The van der Waals surface area contributed by atoms with E-state index in [0.717, 1.165) is 21.9 Å². The van der Waals surface area contributed by atoms with Crippen LogP contribution >= 0.6 is 0 Å². The Balaban J connectivity index is 1.91. The maximum Gasteiger partial charge on any atom is 0.222 e. The smallest absolute Gasteiger partial charge is 0.222 e. The minimum absolute atomic E-state index is 0.0153. The van der Waals surface area contributed by atoms with E-state index in [1.165, 1.54) is 12.1 Å². The number of benzene rings is 1. The molecule has 3 heterocycles. The molecular weight excluding hydrogens is 279 g/mol. The average molecular weight is 288 g/mol. The van der Waals surface area contributed by atoms with Crippen molar-refractivity contribution in [3.05, 3.63) is 66.0 Å². The first-order valence-corrected chi connectivity index (χ1v) is 6.66. The van der Waals surface area contributed by atoms with E-state index in [1.807, 2.05) is 18.2 Å². The number of aromatic nitrogens is 3. The van der Waals surface area contributed by atoms with Crippen LogP contribution in [0.15, 0.2) is 48.8 Å². The van der Waals surface area contributed by atoms with Gasteiger partial charge in [0.2, 0.25) is 5.69 Å². The number of nitrogens with zero attached hydrogens (tertiary/aromatic N) is 3. The van der Waals surface area contributed by atoms with Gasteiger partial charge in [0.05, 0.1) is 17.8 Å². The minimum Gasteiger partial charge on any atom is -0.339 e. The summed E-state index contributed by atoms with van der Waals surface area (Å²) in [5.74, 6) is -0.532. The van der Waals surface area contributed by atoms with Gasteiger partial charge < -0.3 is 4.98 Å². The molecule has 1 aromatic carbocycles. The SMILES string of the molecule is [C-]#[N+]c1ccc(-c2ccc3c(n2)[nH]c2ccncc23)cc1F. The van der Waals surface area contributed by atoms with E-state index in [0.29, 0.717) is 11.3 Å². The molecule has 0 spiro atoms. The molecule has 0 radical (unpaired) electrons. The average Bonchev–Trinajstić information content (AvgIpc) is 2.92. The van der Waals surface area contributed by atoms with Gasteiger partial charge in [-0.05, 0) is 24.3 Å². The molecule has 5 heteroatoms. The summed E-state index contributed by atoms with van der Waals surface area (Å²) in [4.78, 5) is 15.0. The van der Waals surface area contributed by atoms with Crippen molar-refractivity contribution in [3.63, 3.8) is 0 Å². The fourth-order valence-electron chi connectivity index (χ4n) is 2.54. The Labute approximate surface area is 125 Å². The van der Waals surface area contributed by atoms with Gasteiger partial charge in [0.1, 0.15) is 11.5 Å². The van der Waals surface area contributed by atoms with E-state index in [2.05, 4.69) is 19.8 Å². The number of nitrogens with one attached hydrogen (secondary N) is 1. The van der Waals surface area contributed by atoms with Crippen LogP contribution in [0.3, 0.4) is 0 Å². The Morgan fingerprint density at radius 2 is 2.00 bits per heavy atom. The lowest BCUT2D eigenvalue weighted by Gasteiger charge is -2.02. The largest absolute Gasteiger partial charge is 0.339 e. The van der Waals surface area contributed by atoms with E-state index < -0.39 is 5.82 Å². The van der Waals surface area contributed by atoms with E-state index in [4.69, 9.17) is 6.57 Å². The Morgan fingerprint density at radius 3 is 2.82 bits per heavy atom. The van der Waals surface area contributed by atoms with Gasteiger partial charge >= 0.3 is 0 Å². The van der Waals surface area contributed by atoms with E-state index in [-0.39, 0.29) is 5.69 Å². The third kappa shape index (κ3) is 1.82. The van der Waals surface area contributed by atoms with E-state index >= 15 is 0 Å². The second kappa shape index (κ2) is 4.64. The Morgan fingerprint density at radius 1 is 1.09 bits per heavy atom. The van der Waals surface area contributed by atoms with Crippen molar-refractivity contribution in [3.8, 4) is 11.3 Å². The number of pyridine rings is 2. The van der Waals surface area contributed by atoms with Gasteiger partial charge in [0, 0.05) is 28.7 Å². The van der Waals surface area contributed by atoms with Gasteiger partial charge in [0.15, 0.2) is 0 Å². The summed E-state index contributed by atoms with van der Waals surface area (Å²) in [7, 11) is 0. The summed E-state index contributed by atoms with van der Waals surface area (Å²) in [6, 6.07) is 10.2. The Hall–Kier alpha value is -3.26. The molecular formula is C17H9FN4. The molecule has 0 aliphatic heterocycles. The molecule has 0 fully saturated rings. The number of rotatable bonds is 1. The Kier molecular flexibility index (Phi) is 2.63. The van der Waals surface area contributed by atoms with Gasteiger partial charge in [-0.1, -0.05) is 12.1 Å². The zero-order valence-electron chi connectivity index (χ0n) is 11.3. The van der Waals surface area contributed by atoms with Crippen LogP contribution in [0.2, 0.25) is 0 Å². The molecule has 0 unspecified atom stereocenters. The summed E-state index contributed by atoms with van der Waals surface area (Å²) >= 11 is 0. The van der Waals surface area contributed by atoms with Crippen LogP contribution in [0.1, 0.15) is 0 Å². The van der Waals surface area contributed by atoms with Crippen LogP contribution in [-0.4, -0.2) is 15.0 Å². The van der Waals surface area contributed by atoms with Crippen LogP contribution in [0, 0.1) is 12.4 Å². The van der Waals surface area contributed by atoms with Gasteiger partial charge in [-0.25, -0.2) is 14.2 Å². The van der Waals surface area contributed by atoms with Crippen molar-refractivity contribution in [2.24, 2.45) is 0 Å². The highest BCUT2D eigenvalue weighted by atomic mass is 19.1. The second-order valence-electron chi connectivity index (χ2n) is 4.92. The van der Waals surface area contributed by atoms with Crippen molar-refractivity contribution in [2.45, 2.75) is 0 Å². The van der Waals surface area contributed by atoms with E-state index in [1.54, 1.807) is 18.5 Å². The molecule has 0 aliphatic carbocycles. The number of hydrogen-bond acceptors (Lipinski definition) is 2. The third-order valence-corrected chi connectivity index (χ3v) is 3.62. The maximum absolute atomic E-state index is 13.8. The quantitative estimate of drug-likeness (QED) is 0.525. The minimum atomic E-state index is -0.532. The summed E-state index contributed by atoms with van der Waals surface area (Å²) in [6.07, 6.45) is 3.51. The molecule has 0 aliphatic rings. The molecule has 4 nitrogen and oxygen atoms in total. The summed E-state index contributed by atoms with van der Waals surface area (Å²) in [5.41, 5.74) is 3.01. The molecule has 4 rings (SSSR count). The summed E-state index contributed by atoms with van der Waals surface area (Å²) in [5, 5.41) is 1.98. The molecule has 22 heavy (non-hydrogen) atoms. The van der Waals surface area contributed by atoms with Crippen LogP contribution in [0.25, 0.3) is 38.0 Å². The highest BCUT2D eigenvalue weighted by Crippen LogP contribution is 2.28. The first kappa shape index (κ1) is 12.5. The van der Waals surface area contributed by atoms with Crippen LogP contribution in [0.4, 0.5) is 10.1 Å². The molecule has 3 aromatic heterocycles. The molecule has 1 N–H and O–H groups in total. The summed E-state index contributed by atoms with van der Waals surface area (Å²) in [6.45, 7) is 6.89. The van der Waals surface area contributed by atoms with Crippen molar-refractivity contribution in [2.75, 3.05) is 0 Å². The van der Waals surface area contributed by atoms with Gasteiger partial charge in [-0.2, -0.15) is 0 Å². The predicted molar refractivity (Wildman–Crippen MR) is 83.1 cm³/mol. The monoisotopic (exact) mass is 288 g/mol. The topological polar surface area (TPSA) is 45.9 Å².